The summed E-state index contributed by atoms with van der Waals surface area (Å²) >= 11 is 0. The second-order valence-corrected chi connectivity index (χ2v) is 4.91. The van der Waals surface area contributed by atoms with E-state index in [2.05, 4.69) is 20.0 Å². The maximum absolute atomic E-state index is 13.1. The van der Waals surface area contributed by atoms with Crippen LogP contribution in [0.4, 0.5) is 13.2 Å². The summed E-state index contributed by atoms with van der Waals surface area (Å²) in [6.45, 7) is 1.28. The molecule has 2 aromatic rings. The molecule has 9 heteroatoms. The molecule has 1 heterocycles. The number of hydrogen-bond acceptors (Lipinski definition) is 5. The lowest BCUT2D eigenvalue weighted by atomic mass is 9.97. The van der Waals surface area contributed by atoms with Crippen molar-refractivity contribution in [1.29, 1.82) is 0 Å². The Morgan fingerprint density at radius 3 is 2.52 bits per heavy atom. The number of carbonyl (C=O) groups is 1. The largest absolute Gasteiger partial charge is 0.508 e. The summed E-state index contributed by atoms with van der Waals surface area (Å²) in [5.74, 6) is -3.09. The van der Waals surface area contributed by atoms with Crippen LogP contribution in [-0.2, 0) is 17.8 Å². The van der Waals surface area contributed by atoms with Crippen molar-refractivity contribution in [3.63, 3.8) is 0 Å². The predicted molar refractivity (Wildman–Crippen MR) is 72.2 cm³/mol. The molecule has 0 bridgehead atoms. The molecule has 1 aromatic carbocycles. The van der Waals surface area contributed by atoms with E-state index in [1.165, 1.54) is 31.2 Å². The zero-order chi connectivity index (χ0) is 17.0. The molecule has 124 valence electrons. The SMILES string of the molecule is Cc1nc(CNC(=O)C(Cc2ccc(O)cc2)C(F)(F)F)no1. The Balaban J connectivity index is 2.05. The van der Waals surface area contributed by atoms with E-state index in [1.807, 2.05) is 0 Å². The van der Waals surface area contributed by atoms with Gasteiger partial charge in [-0.15, -0.1) is 0 Å². The minimum Gasteiger partial charge on any atom is -0.508 e. The summed E-state index contributed by atoms with van der Waals surface area (Å²) in [6, 6.07) is 5.21. The molecule has 2 rings (SSSR count). The Kier molecular flexibility index (Phi) is 4.87. The zero-order valence-electron chi connectivity index (χ0n) is 12.1. The van der Waals surface area contributed by atoms with Gasteiger partial charge >= 0.3 is 6.18 Å². The van der Waals surface area contributed by atoms with Crippen LogP contribution in [0.3, 0.4) is 0 Å². The van der Waals surface area contributed by atoms with Gasteiger partial charge in [0.2, 0.25) is 11.8 Å². The number of aromatic hydroxyl groups is 1. The average Bonchev–Trinajstić information content (AvgIpc) is 2.88. The van der Waals surface area contributed by atoms with Gasteiger partial charge in [0, 0.05) is 6.92 Å². The second kappa shape index (κ2) is 6.67. The molecule has 0 fully saturated rings. The fourth-order valence-electron chi connectivity index (χ4n) is 1.93. The normalized spacial score (nSPS) is 12.9. The minimum absolute atomic E-state index is 0.0609. The number of nitrogens with one attached hydrogen (secondary N) is 1. The summed E-state index contributed by atoms with van der Waals surface area (Å²) in [4.78, 5) is 15.7. The highest BCUT2D eigenvalue weighted by molar-refractivity contribution is 5.79. The number of aromatic nitrogens is 2. The van der Waals surface area contributed by atoms with Crippen LogP contribution in [0.25, 0.3) is 0 Å². The Bertz CT molecular complexity index is 668. The van der Waals surface area contributed by atoms with Gasteiger partial charge in [-0.3, -0.25) is 4.79 Å². The van der Waals surface area contributed by atoms with E-state index in [9.17, 15) is 18.0 Å². The number of carbonyl (C=O) groups excluding carboxylic acids is 1. The van der Waals surface area contributed by atoms with Gasteiger partial charge in [0.05, 0.1) is 6.54 Å². The Morgan fingerprint density at radius 1 is 1.35 bits per heavy atom. The third kappa shape index (κ3) is 4.70. The zero-order valence-corrected chi connectivity index (χ0v) is 12.1. The van der Waals surface area contributed by atoms with E-state index >= 15 is 0 Å². The number of hydrogen-bond donors (Lipinski definition) is 2. The van der Waals surface area contributed by atoms with Gasteiger partial charge in [-0.05, 0) is 24.1 Å². The molecule has 0 radical (unpaired) electrons. The quantitative estimate of drug-likeness (QED) is 0.877. The first kappa shape index (κ1) is 16.8. The first-order valence-electron chi connectivity index (χ1n) is 6.67. The van der Waals surface area contributed by atoms with Gasteiger partial charge in [-0.1, -0.05) is 17.3 Å². The molecule has 6 nitrogen and oxygen atoms in total. The van der Waals surface area contributed by atoms with Crippen molar-refractivity contribution < 1.29 is 27.6 Å². The lowest BCUT2D eigenvalue weighted by Gasteiger charge is -2.19. The summed E-state index contributed by atoms with van der Waals surface area (Å²) < 4.78 is 44.0. The van der Waals surface area contributed by atoms with Crippen LogP contribution in [0.2, 0.25) is 0 Å². The molecule has 1 unspecified atom stereocenters. The third-order valence-electron chi connectivity index (χ3n) is 3.08. The van der Waals surface area contributed by atoms with Crippen LogP contribution >= 0.6 is 0 Å². The van der Waals surface area contributed by atoms with Crippen molar-refractivity contribution in [2.24, 2.45) is 5.92 Å². The van der Waals surface area contributed by atoms with Gasteiger partial charge in [-0.25, -0.2) is 0 Å². The molecule has 0 saturated heterocycles. The molecule has 23 heavy (non-hydrogen) atoms. The van der Waals surface area contributed by atoms with Gasteiger partial charge < -0.3 is 14.9 Å². The number of phenolic OH excluding ortho intramolecular Hbond substituents is 1. The molecule has 0 aliphatic rings. The first-order valence-corrected chi connectivity index (χ1v) is 6.67. The molecule has 0 saturated carbocycles. The molecule has 1 aromatic heterocycles. The first-order chi connectivity index (χ1) is 10.8. The Morgan fingerprint density at radius 2 is 2.00 bits per heavy atom. The number of amides is 1. The van der Waals surface area contributed by atoms with Crippen molar-refractivity contribution in [2.75, 3.05) is 0 Å². The highest BCUT2D eigenvalue weighted by Crippen LogP contribution is 2.30. The van der Waals surface area contributed by atoms with E-state index in [0.29, 0.717) is 0 Å². The van der Waals surface area contributed by atoms with Crippen molar-refractivity contribution >= 4 is 5.91 Å². The van der Waals surface area contributed by atoms with Crippen LogP contribution in [0.1, 0.15) is 17.3 Å². The number of phenols is 1. The standard InChI is InChI=1S/C14H14F3N3O3/c1-8-19-12(20-23-8)7-18-13(22)11(14(15,16)17)6-9-2-4-10(21)5-3-9/h2-5,11,21H,6-7H2,1H3,(H,18,22). The second-order valence-electron chi connectivity index (χ2n) is 4.91. The van der Waals surface area contributed by atoms with Gasteiger partial charge in [0.25, 0.3) is 0 Å². The van der Waals surface area contributed by atoms with Gasteiger partial charge in [-0.2, -0.15) is 18.2 Å². The topological polar surface area (TPSA) is 88.2 Å². The summed E-state index contributed by atoms with van der Waals surface area (Å²) in [6.07, 6.45) is -5.23. The molecule has 0 spiro atoms. The molecule has 1 amide bonds. The highest BCUT2D eigenvalue weighted by Gasteiger charge is 2.44. The summed E-state index contributed by atoms with van der Waals surface area (Å²) in [5.41, 5.74) is 0.288. The molecule has 2 N–H and O–H groups in total. The molecule has 0 aliphatic heterocycles. The number of rotatable bonds is 5. The number of benzene rings is 1. The van der Waals surface area contributed by atoms with Crippen LogP contribution in [0, 0.1) is 12.8 Å². The van der Waals surface area contributed by atoms with Gasteiger partial charge in [0.1, 0.15) is 11.7 Å². The van der Waals surface area contributed by atoms with E-state index in [1.54, 1.807) is 0 Å². The fourth-order valence-corrected chi connectivity index (χ4v) is 1.93. The molecular weight excluding hydrogens is 315 g/mol. The Labute approximate surface area is 129 Å². The van der Waals surface area contributed by atoms with Crippen molar-refractivity contribution in [1.82, 2.24) is 15.5 Å². The van der Waals surface area contributed by atoms with Crippen molar-refractivity contribution in [3.8, 4) is 5.75 Å². The minimum atomic E-state index is -4.70. The maximum Gasteiger partial charge on any atom is 0.400 e. The fraction of sp³-hybridized carbons (Fsp3) is 0.357. The van der Waals surface area contributed by atoms with Crippen molar-refractivity contribution in [2.45, 2.75) is 26.1 Å². The number of halogens is 3. The summed E-state index contributed by atoms with van der Waals surface area (Å²) in [7, 11) is 0. The van der Waals surface area contributed by atoms with E-state index in [4.69, 9.17) is 5.11 Å². The predicted octanol–water partition coefficient (Wildman–Crippen LogP) is 2.12. The monoisotopic (exact) mass is 329 g/mol. The smallest absolute Gasteiger partial charge is 0.400 e. The van der Waals surface area contributed by atoms with Crippen LogP contribution in [0.5, 0.6) is 5.75 Å². The lowest BCUT2D eigenvalue weighted by Crippen LogP contribution is -2.40. The number of aryl methyl sites for hydroxylation is 1. The highest BCUT2D eigenvalue weighted by atomic mass is 19.4. The van der Waals surface area contributed by atoms with Crippen LogP contribution in [-0.4, -0.2) is 27.3 Å². The Hall–Kier alpha value is -2.58. The number of alkyl halides is 3. The van der Waals surface area contributed by atoms with E-state index in [-0.39, 0.29) is 29.6 Å². The number of nitrogens with zero attached hydrogens (tertiary/aromatic N) is 2. The van der Waals surface area contributed by atoms with E-state index in [0.717, 1.165) is 0 Å². The average molecular weight is 329 g/mol. The van der Waals surface area contributed by atoms with Gasteiger partial charge in [0.15, 0.2) is 5.82 Å². The molecule has 0 aliphatic carbocycles. The van der Waals surface area contributed by atoms with Crippen LogP contribution < -0.4 is 5.32 Å². The lowest BCUT2D eigenvalue weighted by molar-refractivity contribution is -0.182. The molecular formula is C14H14F3N3O3. The van der Waals surface area contributed by atoms with Crippen LogP contribution in [0.15, 0.2) is 28.8 Å². The summed E-state index contributed by atoms with van der Waals surface area (Å²) in [5, 5.41) is 14.8. The van der Waals surface area contributed by atoms with E-state index < -0.39 is 24.4 Å². The van der Waals surface area contributed by atoms with Crippen molar-refractivity contribution in [3.05, 3.63) is 41.5 Å². The maximum atomic E-state index is 13.1. The third-order valence-corrected chi connectivity index (χ3v) is 3.08. The molecule has 1 atom stereocenters.